The van der Waals surface area contributed by atoms with Crippen LogP contribution in [-0.4, -0.2) is 16.5 Å². The van der Waals surface area contributed by atoms with Gasteiger partial charge in [-0.3, -0.25) is 0 Å². The fourth-order valence-corrected chi connectivity index (χ4v) is 2.83. The first-order chi connectivity index (χ1) is 10.2. The standard InChI is InChI=1S/C16H15Cl2N3/c17-13-4-3-11(15(18)8-13)5-7-19-9-12-10-21-16-14(12)2-1-6-20-16/h1-4,6,8,10,19H,5,7,9H2,(H,20,21). The Bertz CT molecular complexity index is 752. The number of nitrogens with zero attached hydrogens (tertiary/aromatic N) is 1. The van der Waals surface area contributed by atoms with E-state index in [1.165, 1.54) is 5.56 Å². The zero-order valence-corrected chi connectivity index (χ0v) is 12.9. The van der Waals surface area contributed by atoms with Crippen LogP contribution in [0.4, 0.5) is 0 Å². The number of halogens is 2. The molecule has 21 heavy (non-hydrogen) atoms. The number of nitrogens with one attached hydrogen (secondary N) is 2. The molecule has 0 spiro atoms. The lowest BCUT2D eigenvalue weighted by molar-refractivity contribution is 0.690. The summed E-state index contributed by atoms with van der Waals surface area (Å²) in [4.78, 5) is 7.46. The summed E-state index contributed by atoms with van der Waals surface area (Å²) in [5.41, 5.74) is 3.25. The van der Waals surface area contributed by atoms with Gasteiger partial charge in [-0.2, -0.15) is 0 Å². The normalized spacial score (nSPS) is 11.1. The summed E-state index contributed by atoms with van der Waals surface area (Å²) in [5, 5.41) is 5.98. The van der Waals surface area contributed by atoms with Gasteiger partial charge in [-0.05, 0) is 48.4 Å². The van der Waals surface area contributed by atoms with E-state index in [9.17, 15) is 0 Å². The lowest BCUT2D eigenvalue weighted by Crippen LogP contribution is -2.16. The smallest absolute Gasteiger partial charge is 0.137 e. The topological polar surface area (TPSA) is 40.7 Å². The fourth-order valence-electron chi connectivity index (χ4n) is 2.33. The van der Waals surface area contributed by atoms with Crippen LogP contribution in [0.25, 0.3) is 11.0 Å². The average Bonchev–Trinajstić information content (AvgIpc) is 2.89. The number of aromatic nitrogens is 2. The van der Waals surface area contributed by atoms with Crippen molar-refractivity contribution in [3.05, 3.63) is 63.9 Å². The Morgan fingerprint density at radius 3 is 2.90 bits per heavy atom. The number of pyridine rings is 1. The summed E-state index contributed by atoms with van der Waals surface area (Å²) in [6.07, 6.45) is 4.66. The van der Waals surface area contributed by atoms with Gasteiger partial charge in [0.15, 0.2) is 0 Å². The molecule has 0 saturated heterocycles. The molecule has 2 heterocycles. The molecule has 5 heteroatoms. The molecule has 3 nitrogen and oxygen atoms in total. The maximum atomic E-state index is 6.16. The van der Waals surface area contributed by atoms with Gasteiger partial charge >= 0.3 is 0 Å². The minimum atomic E-state index is 0.669. The molecular formula is C16H15Cl2N3. The Kier molecular flexibility index (Phi) is 4.44. The minimum Gasteiger partial charge on any atom is -0.346 e. The second-order valence-corrected chi connectivity index (χ2v) is 5.72. The Hall–Kier alpha value is -1.55. The summed E-state index contributed by atoms with van der Waals surface area (Å²) in [6, 6.07) is 9.65. The van der Waals surface area contributed by atoms with Crippen molar-refractivity contribution in [2.45, 2.75) is 13.0 Å². The van der Waals surface area contributed by atoms with Crippen molar-refractivity contribution in [1.29, 1.82) is 0 Å². The summed E-state index contributed by atoms with van der Waals surface area (Å²) in [7, 11) is 0. The summed E-state index contributed by atoms with van der Waals surface area (Å²) >= 11 is 12.1. The van der Waals surface area contributed by atoms with Crippen molar-refractivity contribution in [1.82, 2.24) is 15.3 Å². The van der Waals surface area contributed by atoms with Crippen molar-refractivity contribution < 1.29 is 0 Å². The van der Waals surface area contributed by atoms with Crippen LogP contribution < -0.4 is 5.32 Å². The number of hydrogen-bond donors (Lipinski definition) is 2. The van der Waals surface area contributed by atoms with E-state index < -0.39 is 0 Å². The quantitative estimate of drug-likeness (QED) is 0.692. The van der Waals surface area contributed by atoms with Gasteiger partial charge < -0.3 is 10.3 Å². The fraction of sp³-hybridized carbons (Fsp3) is 0.188. The molecule has 1 aromatic carbocycles. The van der Waals surface area contributed by atoms with E-state index in [1.807, 2.05) is 24.4 Å². The highest BCUT2D eigenvalue weighted by Gasteiger charge is 2.04. The molecule has 108 valence electrons. The van der Waals surface area contributed by atoms with Crippen molar-refractivity contribution in [2.75, 3.05) is 6.54 Å². The van der Waals surface area contributed by atoms with E-state index in [-0.39, 0.29) is 0 Å². The van der Waals surface area contributed by atoms with E-state index in [2.05, 4.69) is 21.4 Å². The molecule has 3 aromatic rings. The predicted molar refractivity (Wildman–Crippen MR) is 88.0 cm³/mol. The van der Waals surface area contributed by atoms with Crippen LogP contribution in [0, 0.1) is 0 Å². The molecule has 0 radical (unpaired) electrons. The van der Waals surface area contributed by atoms with E-state index in [0.29, 0.717) is 5.02 Å². The van der Waals surface area contributed by atoms with Crippen LogP contribution in [0.1, 0.15) is 11.1 Å². The predicted octanol–water partition coefficient (Wildman–Crippen LogP) is 4.20. The van der Waals surface area contributed by atoms with Crippen LogP contribution in [0.15, 0.2) is 42.7 Å². The van der Waals surface area contributed by atoms with E-state index in [4.69, 9.17) is 23.2 Å². The summed E-state index contributed by atoms with van der Waals surface area (Å²) < 4.78 is 0. The molecule has 0 fully saturated rings. The molecule has 0 unspecified atom stereocenters. The molecule has 2 aromatic heterocycles. The van der Waals surface area contributed by atoms with Crippen LogP contribution >= 0.6 is 23.2 Å². The first kappa shape index (κ1) is 14.4. The zero-order valence-electron chi connectivity index (χ0n) is 11.4. The monoisotopic (exact) mass is 319 g/mol. The van der Waals surface area contributed by atoms with Crippen molar-refractivity contribution in [3.8, 4) is 0 Å². The van der Waals surface area contributed by atoms with Gasteiger partial charge in [0.2, 0.25) is 0 Å². The van der Waals surface area contributed by atoms with Crippen molar-refractivity contribution >= 4 is 34.2 Å². The van der Waals surface area contributed by atoms with Crippen LogP contribution in [0.2, 0.25) is 10.0 Å². The van der Waals surface area contributed by atoms with Gasteiger partial charge in [0, 0.05) is 34.4 Å². The van der Waals surface area contributed by atoms with E-state index in [1.54, 1.807) is 12.3 Å². The number of hydrogen-bond acceptors (Lipinski definition) is 2. The van der Waals surface area contributed by atoms with Crippen LogP contribution in [0.3, 0.4) is 0 Å². The van der Waals surface area contributed by atoms with Gasteiger partial charge in [-0.25, -0.2) is 4.98 Å². The summed E-state index contributed by atoms with van der Waals surface area (Å²) in [6.45, 7) is 1.66. The lowest BCUT2D eigenvalue weighted by atomic mass is 10.1. The van der Waals surface area contributed by atoms with Crippen LogP contribution in [-0.2, 0) is 13.0 Å². The Morgan fingerprint density at radius 2 is 2.05 bits per heavy atom. The third-order valence-electron chi connectivity index (χ3n) is 3.44. The summed E-state index contributed by atoms with van der Waals surface area (Å²) in [5.74, 6) is 0. The number of fused-ring (bicyclic) bond motifs is 1. The van der Waals surface area contributed by atoms with Gasteiger partial charge in [-0.15, -0.1) is 0 Å². The molecule has 0 aliphatic carbocycles. The Labute approximate surface area is 133 Å². The number of H-pyrrole nitrogens is 1. The van der Waals surface area contributed by atoms with Gasteiger partial charge in [0.1, 0.15) is 5.65 Å². The molecular weight excluding hydrogens is 305 g/mol. The highest BCUT2D eigenvalue weighted by atomic mass is 35.5. The first-order valence-electron chi connectivity index (χ1n) is 6.79. The average molecular weight is 320 g/mol. The molecule has 0 aliphatic rings. The van der Waals surface area contributed by atoms with E-state index >= 15 is 0 Å². The Morgan fingerprint density at radius 1 is 1.14 bits per heavy atom. The first-order valence-corrected chi connectivity index (χ1v) is 7.55. The molecule has 0 bridgehead atoms. The molecule has 0 amide bonds. The number of benzene rings is 1. The zero-order chi connectivity index (χ0) is 14.7. The molecule has 3 rings (SSSR count). The third-order valence-corrected chi connectivity index (χ3v) is 4.03. The Balaban J connectivity index is 1.57. The second-order valence-electron chi connectivity index (χ2n) is 4.88. The maximum absolute atomic E-state index is 6.16. The lowest BCUT2D eigenvalue weighted by Gasteiger charge is -2.06. The molecule has 0 saturated carbocycles. The van der Waals surface area contributed by atoms with Gasteiger partial charge in [-0.1, -0.05) is 29.3 Å². The molecule has 2 N–H and O–H groups in total. The van der Waals surface area contributed by atoms with Gasteiger partial charge in [0.25, 0.3) is 0 Å². The number of rotatable bonds is 5. The van der Waals surface area contributed by atoms with Crippen LogP contribution in [0.5, 0.6) is 0 Å². The highest BCUT2D eigenvalue weighted by Crippen LogP contribution is 2.21. The minimum absolute atomic E-state index is 0.669. The van der Waals surface area contributed by atoms with Crippen molar-refractivity contribution in [2.24, 2.45) is 0 Å². The van der Waals surface area contributed by atoms with Crippen molar-refractivity contribution in [3.63, 3.8) is 0 Å². The largest absolute Gasteiger partial charge is 0.346 e. The SMILES string of the molecule is Clc1ccc(CCNCc2c[nH]c3ncccc23)c(Cl)c1. The molecule has 0 atom stereocenters. The molecule has 0 aliphatic heterocycles. The maximum Gasteiger partial charge on any atom is 0.137 e. The van der Waals surface area contributed by atoms with E-state index in [0.717, 1.165) is 41.1 Å². The highest BCUT2D eigenvalue weighted by molar-refractivity contribution is 6.35. The number of aromatic amines is 1. The van der Waals surface area contributed by atoms with Gasteiger partial charge in [0.05, 0.1) is 0 Å². The second kappa shape index (κ2) is 6.48. The third kappa shape index (κ3) is 3.38.